The summed E-state index contributed by atoms with van der Waals surface area (Å²) in [6, 6.07) is 0. The number of aliphatic hydroxyl groups is 1. The molecule has 0 aromatic carbocycles. The molecule has 0 bridgehead atoms. The topological polar surface area (TPSA) is 237 Å². The molecule has 83 heavy (non-hydrogen) atoms. The van der Waals surface area contributed by atoms with Gasteiger partial charge in [0.25, 0.3) is 0 Å². The van der Waals surface area contributed by atoms with E-state index in [1.54, 1.807) is 0 Å². The first-order valence-corrected chi connectivity index (χ1v) is 36.6. The fraction of sp³-hybridized carbons (Fsp3) is 0.938. The Hall–Kier alpha value is -1.94. The molecule has 0 amide bonds. The summed E-state index contributed by atoms with van der Waals surface area (Å²) in [4.78, 5) is 72.1. The fourth-order valence-corrected chi connectivity index (χ4v) is 11.2. The number of hydrogen-bond donors (Lipinski definition) is 3. The molecule has 0 aromatic rings. The van der Waals surface area contributed by atoms with E-state index in [1.165, 1.54) is 148 Å². The van der Waals surface area contributed by atoms with E-state index in [4.69, 9.17) is 37.0 Å². The van der Waals surface area contributed by atoms with Gasteiger partial charge in [0.15, 0.2) is 12.2 Å². The standard InChI is InChI=1S/C64H124O17P2/c1-6-9-12-15-18-21-28-33-38-43-48-62(67)75-54-60(81-64(69)50-45-40-35-30-25-23-24-27-31-36-41-46-57(4)5)56-79-83(72,73)77-52-58(65)51-76-82(70,71)78-55-59(53-74-61(66)47-42-37-32-26-20-17-14-11-8-3)80-63(68)49-44-39-34-29-22-19-16-13-10-7-2/h57-60,65H,6-56H2,1-5H3,(H,70,71)(H,72,73)/t58-,59+,60+/m0/s1. The minimum Gasteiger partial charge on any atom is -0.462 e. The van der Waals surface area contributed by atoms with Gasteiger partial charge in [-0.05, 0) is 31.6 Å². The van der Waals surface area contributed by atoms with E-state index in [1.807, 2.05) is 0 Å². The van der Waals surface area contributed by atoms with Gasteiger partial charge >= 0.3 is 39.5 Å². The molecule has 0 heterocycles. The Morgan fingerprint density at radius 3 is 0.819 bits per heavy atom. The molecule has 5 atom stereocenters. The van der Waals surface area contributed by atoms with E-state index >= 15 is 0 Å². The quantitative estimate of drug-likeness (QED) is 0.0222. The highest BCUT2D eigenvalue weighted by Crippen LogP contribution is 2.45. The Labute approximate surface area is 505 Å². The Morgan fingerprint density at radius 1 is 0.325 bits per heavy atom. The molecular weight excluding hydrogens is 1100 g/mol. The van der Waals surface area contributed by atoms with Crippen molar-refractivity contribution in [2.45, 2.75) is 342 Å². The monoisotopic (exact) mass is 1230 g/mol. The first-order valence-electron chi connectivity index (χ1n) is 33.6. The molecule has 17 nitrogen and oxygen atoms in total. The average Bonchev–Trinajstić information content (AvgIpc) is 3.50. The van der Waals surface area contributed by atoms with Crippen LogP contribution in [0.1, 0.15) is 324 Å². The van der Waals surface area contributed by atoms with E-state index in [0.29, 0.717) is 25.7 Å². The van der Waals surface area contributed by atoms with Gasteiger partial charge in [0.05, 0.1) is 26.4 Å². The zero-order valence-corrected chi connectivity index (χ0v) is 55.1. The van der Waals surface area contributed by atoms with Crippen LogP contribution in [0, 0.1) is 5.92 Å². The van der Waals surface area contributed by atoms with E-state index in [2.05, 4.69) is 34.6 Å². The van der Waals surface area contributed by atoms with Crippen molar-refractivity contribution in [3.8, 4) is 0 Å². The van der Waals surface area contributed by atoms with Crippen LogP contribution in [0.5, 0.6) is 0 Å². The lowest BCUT2D eigenvalue weighted by molar-refractivity contribution is -0.161. The zero-order valence-electron chi connectivity index (χ0n) is 53.3. The molecule has 0 aliphatic carbocycles. The Bertz CT molecular complexity index is 1620. The van der Waals surface area contributed by atoms with E-state index in [-0.39, 0.29) is 25.7 Å². The summed E-state index contributed by atoms with van der Waals surface area (Å²) in [6.07, 6.45) is 41.6. The number of carbonyl (C=O) groups is 4. The van der Waals surface area contributed by atoms with Gasteiger partial charge in [-0.3, -0.25) is 37.3 Å². The number of phosphoric ester groups is 2. The van der Waals surface area contributed by atoms with Crippen molar-refractivity contribution in [2.24, 2.45) is 5.92 Å². The summed E-state index contributed by atoms with van der Waals surface area (Å²) in [5.74, 6) is -1.37. The lowest BCUT2D eigenvalue weighted by Gasteiger charge is -2.21. The molecule has 0 aliphatic heterocycles. The summed E-state index contributed by atoms with van der Waals surface area (Å²) in [5.41, 5.74) is 0. The minimum atomic E-state index is -4.94. The van der Waals surface area contributed by atoms with Crippen LogP contribution in [-0.2, 0) is 65.4 Å². The largest absolute Gasteiger partial charge is 0.472 e. The molecule has 3 N–H and O–H groups in total. The average molecular weight is 1230 g/mol. The van der Waals surface area contributed by atoms with E-state index < -0.39 is 97.5 Å². The van der Waals surface area contributed by atoms with Crippen LogP contribution in [0.2, 0.25) is 0 Å². The van der Waals surface area contributed by atoms with Gasteiger partial charge in [-0.25, -0.2) is 9.13 Å². The molecule has 0 radical (unpaired) electrons. The van der Waals surface area contributed by atoms with Gasteiger partial charge in [0.2, 0.25) is 0 Å². The maximum atomic E-state index is 13.0. The molecule has 2 unspecified atom stereocenters. The number of aliphatic hydroxyl groups excluding tert-OH is 1. The molecule has 19 heteroatoms. The molecule has 0 saturated heterocycles. The lowest BCUT2D eigenvalue weighted by atomic mass is 10.0. The van der Waals surface area contributed by atoms with Crippen molar-refractivity contribution < 1.29 is 80.2 Å². The third kappa shape index (κ3) is 58.8. The SMILES string of the molecule is CCCCCCCCCCCCC(=O)OC[C@H](COP(=O)(O)OC[C@@H](O)COP(=O)(O)OC[C@@H](COC(=O)CCCCCCCCCCC)OC(=O)CCCCCCCCCCCC)OC(=O)CCCCCCCCCCCCCC(C)C. The second-order valence-electron chi connectivity index (χ2n) is 23.6. The molecule has 0 fully saturated rings. The molecule has 0 aromatic heterocycles. The lowest BCUT2D eigenvalue weighted by Crippen LogP contribution is -2.30. The molecule has 0 spiro atoms. The number of rotatable bonds is 64. The summed E-state index contributed by atoms with van der Waals surface area (Å²) in [7, 11) is -9.88. The van der Waals surface area contributed by atoms with E-state index in [9.17, 15) is 43.2 Å². The van der Waals surface area contributed by atoms with Crippen LogP contribution in [0.15, 0.2) is 0 Å². The zero-order chi connectivity index (χ0) is 61.3. The van der Waals surface area contributed by atoms with Gasteiger partial charge in [-0.2, -0.15) is 0 Å². The number of phosphoric acid groups is 2. The van der Waals surface area contributed by atoms with Crippen molar-refractivity contribution in [1.29, 1.82) is 0 Å². The highest BCUT2D eigenvalue weighted by Gasteiger charge is 2.30. The Morgan fingerprint density at radius 2 is 0.554 bits per heavy atom. The number of esters is 4. The summed E-state index contributed by atoms with van der Waals surface area (Å²) in [6.45, 7) is 7.17. The van der Waals surface area contributed by atoms with Crippen LogP contribution in [-0.4, -0.2) is 96.7 Å². The van der Waals surface area contributed by atoms with Crippen LogP contribution in [0.3, 0.4) is 0 Å². The van der Waals surface area contributed by atoms with Gasteiger partial charge in [0.1, 0.15) is 19.3 Å². The third-order valence-electron chi connectivity index (χ3n) is 14.8. The van der Waals surface area contributed by atoms with Crippen molar-refractivity contribution in [1.82, 2.24) is 0 Å². The molecule has 0 rings (SSSR count). The molecule has 0 saturated carbocycles. The first-order chi connectivity index (χ1) is 40.0. The third-order valence-corrected chi connectivity index (χ3v) is 16.7. The van der Waals surface area contributed by atoms with E-state index in [0.717, 1.165) is 95.8 Å². The maximum Gasteiger partial charge on any atom is 0.472 e. The van der Waals surface area contributed by atoms with Crippen LogP contribution in [0.4, 0.5) is 0 Å². The van der Waals surface area contributed by atoms with Gasteiger partial charge in [-0.1, -0.05) is 272 Å². The normalized spacial score (nSPS) is 14.2. The summed E-state index contributed by atoms with van der Waals surface area (Å²) >= 11 is 0. The first kappa shape index (κ1) is 81.1. The predicted octanol–water partition coefficient (Wildman–Crippen LogP) is 17.8. The number of ether oxygens (including phenoxy) is 4. The number of carbonyl (C=O) groups excluding carboxylic acids is 4. The van der Waals surface area contributed by atoms with Crippen molar-refractivity contribution in [2.75, 3.05) is 39.6 Å². The van der Waals surface area contributed by atoms with Crippen LogP contribution in [0.25, 0.3) is 0 Å². The van der Waals surface area contributed by atoms with Crippen LogP contribution >= 0.6 is 15.6 Å². The smallest absolute Gasteiger partial charge is 0.462 e. The molecule has 492 valence electrons. The fourth-order valence-electron chi connectivity index (χ4n) is 9.58. The van der Waals surface area contributed by atoms with Gasteiger partial charge in [0, 0.05) is 25.7 Å². The molecule has 0 aliphatic rings. The summed E-state index contributed by atoms with van der Waals surface area (Å²) in [5, 5.41) is 10.5. The van der Waals surface area contributed by atoms with Gasteiger partial charge < -0.3 is 33.8 Å². The summed E-state index contributed by atoms with van der Waals surface area (Å²) < 4.78 is 68.0. The minimum absolute atomic E-state index is 0.106. The number of unbranched alkanes of at least 4 members (excludes halogenated alkanes) is 36. The second-order valence-corrected chi connectivity index (χ2v) is 26.5. The Balaban J connectivity index is 5.22. The molecular formula is C64H124O17P2. The number of hydrogen-bond acceptors (Lipinski definition) is 15. The van der Waals surface area contributed by atoms with Crippen molar-refractivity contribution in [3.05, 3.63) is 0 Å². The maximum absolute atomic E-state index is 13.0. The highest BCUT2D eigenvalue weighted by atomic mass is 31.2. The van der Waals surface area contributed by atoms with Gasteiger partial charge in [-0.15, -0.1) is 0 Å². The Kier molecular flexibility index (Phi) is 56.4. The second kappa shape index (κ2) is 57.8. The van der Waals surface area contributed by atoms with Crippen molar-refractivity contribution in [3.63, 3.8) is 0 Å². The highest BCUT2D eigenvalue weighted by molar-refractivity contribution is 7.47. The predicted molar refractivity (Wildman–Crippen MR) is 331 cm³/mol. The van der Waals surface area contributed by atoms with Crippen molar-refractivity contribution >= 4 is 39.5 Å². The van der Waals surface area contributed by atoms with Crippen LogP contribution < -0.4 is 0 Å².